The molecule has 2 aliphatic carbocycles. The topological polar surface area (TPSA) is 185 Å². The molecule has 0 aliphatic heterocycles. The second-order valence-corrected chi connectivity index (χ2v) is 8.92. The molecule has 0 bridgehead atoms. The lowest BCUT2D eigenvalue weighted by Crippen LogP contribution is -2.45. The van der Waals surface area contributed by atoms with E-state index in [4.69, 9.17) is 15.1 Å². The number of diazo groups is 1. The van der Waals surface area contributed by atoms with Gasteiger partial charge in [0.15, 0.2) is 10.5 Å². The van der Waals surface area contributed by atoms with E-state index in [-0.39, 0.29) is 22.4 Å². The Morgan fingerprint density at radius 2 is 1.58 bits per heavy atom. The monoisotopic (exact) mass is 502 g/mol. The van der Waals surface area contributed by atoms with Gasteiger partial charge in [0.1, 0.15) is 16.4 Å². The Bertz CT molecular complexity index is 1820. The summed E-state index contributed by atoms with van der Waals surface area (Å²) in [5.74, 6) is 0.0135. The highest BCUT2D eigenvalue weighted by Crippen LogP contribution is 2.24. The summed E-state index contributed by atoms with van der Waals surface area (Å²) in [5.41, 5.74) is 7.43. The van der Waals surface area contributed by atoms with Crippen molar-refractivity contribution >= 4 is 10.1 Å². The molecule has 12 nitrogen and oxygen atoms in total. The van der Waals surface area contributed by atoms with Crippen LogP contribution in [0.4, 0.5) is 0 Å². The predicted molar refractivity (Wildman–Crippen MR) is 125 cm³/mol. The van der Waals surface area contributed by atoms with Gasteiger partial charge < -0.3 is 19.9 Å². The van der Waals surface area contributed by atoms with Crippen LogP contribution in [0.5, 0.6) is 11.5 Å². The largest absolute Gasteiger partial charge is 0.508 e. The van der Waals surface area contributed by atoms with E-state index in [2.05, 4.69) is 20.5 Å². The van der Waals surface area contributed by atoms with E-state index in [0.717, 1.165) is 11.1 Å². The van der Waals surface area contributed by atoms with Gasteiger partial charge in [-0.15, -0.1) is 0 Å². The van der Waals surface area contributed by atoms with Gasteiger partial charge in [-0.2, -0.15) is 8.42 Å². The number of hydrogen-bond acceptors (Lipinski definition) is 9. The predicted octanol–water partition coefficient (Wildman–Crippen LogP) is 1.96. The third kappa shape index (κ3) is 4.61. The first-order valence-corrected chi connectivity index (χ1v) is 11.5. The zero-order valence-corrected chi connectivity index (χ0v) is 19.0. The maximum atomic E-state index is 13.3. The molecule has 0 amide bonds. The van der Waals surface area contributed by atoms with Crippen molar-refractivity contribution in [3.63, 3.8) is 0 Å². The van der Waals surface area contributed by atoms with Crippen LogP contribution < -0.4 is 25.8 Å². The molecule has 0 fully saturated rings. The van der Waals surface area contributed by atoms with Crippen LogP contribution in [-0.4, -0.2) is 13.5 Å². The Kier molecular flexibility index (Phi) is 6.44. The summed E-state index contributed by atoms with van der Waals surface area (Å²) in [5, 5.41) is 28.7. The van der Waals surface area contributed by atoms with E-state index < -0.39 is 36.8 Å². The van der Waals surface area contributed by atoms with Crippen molar-refractivity contribution in [2.45, 2.75) is 11.3 Å². The molecule has 0 saturated heterocycles. The second-order valence-electron chi connectivity index (χ2n) is 7.44. The lowest BCUT2D eigenvalue weighted by molar-refractivity contribution is 0.475. The highest BCUT2D eigenvalue weighted by molar-refractivity contribution is 7.87. The van der Waals surface area contributed by atoms with E-state index in [9.17, 15) is 23.1 Å². The Balaban J connectivity index is 1.82. The number of hydrogen-bond donors (Lipinski definition) is 1. The summed E-state index contributed by atoms with van der Waals surface area (Å²) in [6.45, 7) is 0. The molecule has 2 aliphatic rings. The first-order chi connectivity index (χ1) is 17.2. The molecular weight excluding hydrogens is 488 g/mol. The van der Waals surface area contributed by atoms with Gasteiger partial charge in [0.25, 0.3) is 5.39 Å². The van der Waals surface area contributed by atoms with Crippen LogP contribution in [-0.2, 0) is 16.5 Å². The molecule has 2 aromatic rings. The Morgan fingerprint density at radius 1 is 0.944 bits per heavy atom. The summed E-state index contributed by atoms with van der Waals surface area (Å²) in [6.07, 6.45) is 0.499. The van der Waals surface area contributed by atoms with Crippen LogP contribution in [0.2, 0.25) is 0 Å². The average Bonchev–Trinajstić information content (AvgIpc) is 2.85. The SMILES string of the molecule is N#[N+]N=c1cccc2c(=O)c(=O)c(=NN=[N-])c(S(=O)(=O)Oc3ccc(Cc4ccc(O)cc4)cc3)c1-2. The Morgan fingerprint density at radius 3 is 2.19 bits per heavy atom. The van der Waals surface area contributed by atoms with Crippen LogP contribution in [0.15, 0.2) is 96.6 Å². The Hall–Kier alpha value is -5.09. The molecule has 4 rings (SSSR count). The molecule has 0 atom stereocenters. The van der Waals surface area contributed by atoms with Crippen molar-refractivity contribution in [1.29, 1.82) is 5.39 Å². The Labute approximate surface area is 202 Å². The molecule has 13 heteroatoms. The van der Waals surface area contributed by atoms with Gasteiger partial charge in [-0.05, 0) is 47.9 Å². The summed E-state index contributed by atoms with van der Waals surface area (Å²) in [6, 6.07) is 16.3. The van der Waals surface area contributed by atoms with E-state index >= 15 is 0 Å². The third-order valence-corrected chi connectivity index (χ3v) is 6.48. The molecule has 0 radical (unpaired) electrons. The van der Waals surface area contributed by atoms with Gasteiger partial charge in [0.2, 0.25) is 10.9 Å². The molecule has 1 N–H and O–H groups in total. The standard InChI is InChI=1S/C23H14N6O6S/c24-28-26-18-3-1-2-17-19(18)23(20(27-29-25)22(32)21(17)31)36(33,34)35-16-10-6-14(7-11-16)12-13-4-8-15(30)9-5-13/h1-11,30H,12H2. The highest BCUT2D eigenvalue weighted by atomic mass is 32.2. The first-order valence-electron chi connectivity index (χ1n) is 10.1. The van der Waals surface area contributed by atoms with E-state index in [1.54, 1.807) is 36.4 Å². The zero-order chi connectivity index (χ0) is 25.9. The van der Waals surface area contributed by atoms with Gasteiger partial charge in [-0.3, -0.25) is 14.8 Å². The number of fused-ring (bicyclic) bond motifs is 1. The molecule has 0 saturated carbocycles. The van der Waals surface area contributed by atoms with Gasteiger partial charge in [0, 0.05) is 16.5 Å². The van der Waals surface area contributed by atoms with Gasteiger partial charge in [-0.1, -0.05) is 36.4 Å². The van der Waals surface area contributed by atoms with Crippen molar-refractivity contribution in [2.24, 2.45) is 15.4 Å². The molecule has 0 spiro atoms. The van der Waals surface area contributed by atoms with Crippen molar-refractivity contribution in [3.05, 3.63) is 120 Å². The number of rotatable bonds is 6. The molecule has 0 heterocycles. The maximum Gasteiger partial charge on any atom is 0.340 e. The minimum Gasteiger partial charge on any atom is -0.508 e. The first kappa shape index (κ1) is 24.0. The maximum absolute atomic E-state index is 13.3. The van der Waals surface area contributed by atoms with Crippen LogP contribution in [0.25, 0.3) is 21.7 Å². The summed E-state index contributed by atoms with van der Waals surface area (Å²) < 4.78 is 31.9. The molecule has 0 aromatic heterocycles. The van der Waals surface area contributed by atoms with Gasteiger partial charge in [-0.25, -0.2) is 0 Å². The number of benzene rings is 4. The number of nitrogens with zero attached hydrogens (tertiary/aromatic N) is 6. The number of aromatic hydroxyl groups is 1. The van der Waals surface area contributed by atoms with E-state index in [1.807, 2.05) is 0 Å². The van der Waals surface area contributed by atoms with Crippen LogP contribution in [0.1, 0.15) is 11.1 Å². The smallest absolute Gasteiger partial charge is 0.340 e. The number of phenolic OH excluding ortho intramolecular Hbond substituents is 1. The van der Waals surface area contributed by atoms with Crippen molar-refractivity contribution in [2.75, 3.05) is 0 Å². The molecular formula is C23H14N6O6S. The minimum absolute atomic E-state index is 0.121. The quantitative estimate of drug-likeness (QED) is 0.137. The van der Waals surface area contributed by atoms with Crippen molar-refractivity contribution in [1.82, 2.24) is 0 Å². The fourth-order valence-electron chi connectivity index (χ4n) is 3.61. The summed E-state index contributed by atoms with van der Waals surface area (Å²) in [4.78, 5) is 24.2. The van der Waals surface area contributed by atoms with E-state index in [1.165, 1.54) is 30.3 Å². The van der Waals surface area contributed by atoms with Crippen LogP contribution >= 0.6 is 0 Å². The highest BCUT2D eigenvalue weighted by Gasteiger charge is 2.30. The number of phenols is 1. The lowest BCUT2D eigenvalue weighted by Gasteiger charge is -2.13. The molecule has 36 heavy (non-hydrogen) atoms. The van der Waals surface area contributed by atoms with Gasteiger partial charge in [0.05, 0.1) is 0 Å². The second kappa shape index (κ2) is 9.65. The molecule has 178 valence electrons. The fraction of sp³-hybridized carbons (Fsp3) is 0.0435. The van der Waals surface area contributed by atoms with Crippen molar-refractivity contribution in [3.8, 4) is 22.6 Å². The summed E-state index contributed by atoms with van der Waals surface area (Å²) in [7, 11) is -4.86. The zero-order valence-electron chi connectivity index (χ0n) is 18.1. The third-order valence-electron chi connectivity index (χ3n) is 5.17. The molecule has 0 unspecified atom stereocenters. The normalized spacial score (nSPS) is 12.4. The molecule has 2 aromatic carbocycles. The minimum atomic E-state index is -4.86. The van der Waals surface area contributed by atoms with Crippen LogP contribution in [0, 0.1) is 5.39 Å². The van der Waals surface area contributed by atoms with E-state index in [0.29, 0.717) is 6.42 Å². The van der Waals surface area contributed by atoms with Gasteiger partial charge >= 0.3 is 15.2 Å². The summed E-state index contributed by atoms with van der Waals surface area (Å²) >= 11 is 0. The van der Waals surface area contributed by atoms with Crippen LogP contribution in [0.3, 0.4) is 0 Å². The average molecular weight is 502 g/mol. The fourth-order valence-corrected chi connectivity index (χ4v) is 4.89. The lowest BCUT2D eigenvalue weighted by atomic mass is 10.0. The van der Waals surface area contributed by atoms with Crippen molar-refractivity contribution < 1.29 is 17.7 Å².